The zero-order valence-electron chi connectivity index (χ0n) is 19.2. The van der Waals surface area contributed by atoms with Crippen LogP contribution in [0.25, 0.3) is 0 Å². The van der Waals surface area contributed by atoms with Crippen molar-refractivity contribution in [3.63, 3.8) is 0 Å². The number of carbonyl (C=O) groups excluding carboxylic acids is 4. The lowest BCUT2D eigenvalue weighted by Gasteiger charge is -2.22. The third-order valence-corrected chi connectivity index (χ3v) is 6.40. The number of ketones is 1. The molecule has 2 heterocycles. The van der Waals surface area contributed by atoms with E-state index < -0.39 is 0 Å². The van der Waals surface area contributed by atoms with Gasteiger partial charge in [0.1, 0.15) is 11.9 Å². The van der Waals surface area contributed by atoms with Crippen LogP contribution in [0.2, 0.25) is 0 Å². The van der Waals surface area contributed by atoms with Crippen LogP contribution < -0.4 is 0 Å². The Kier molecular flexibility index (Phi) is 8.56. The lowest BCUT2D eigenvalue weighted by molar-refractivity contribution is -0.149. The maximum Gasteiger partial charge on any atom is 0.306 e. The highest BCUT2D eigenvalue weighted by atomic mass is 16.5. The SMILES string of the molecule is CC[C@@H]1C[C@H](OC(=O)CCC(C)=O)CN1CCCCCCN1C(=O)c2ccccc2C1=O. The molecule has 2 atom stereocenters. The number of Topliss-reactive ketones (excluding diaryl/α,β-unsaturated/α-hetero) is 1. The van der Waals surface area contributed by atoms with E-state index in [2.05, 4.69) is 11.8 Å². The van der Waals surface area contributed by atoms with Crippen LogP contribution in [0.3, 0.4) is 0 Å². The van der Waals surface area contributed by atoms with E-state index in [1.54, 1.807) is 24.3 Å². The molecule has 7 heteroatoms. The van der Waals surface area contributed by atoms with Crippen molar-refractivity contribution in [2.75, 3.05) is 19.6 Å². The third kappa shape index (κ3) is 6.03. The molecule has 0 aliphatic carbocycles. The summed E-state index contributed by atoms with van der Waals surface area (Å²) >= 11 is 0. The lowest BCUT2D eigenvalue weighted by Crippen LogP contribution is -2.31. The molecule has 2 aliphatic rings. The van der Waals surface area contributed by atoms with Gasteiger partial charge in [-0.25, -0.2) is 0 Å². The van der Waals surface area contributed by atoms with Gasteiger partial charge in [-0.2, -0.15) is 0 Å². The zero-order valence-corrected chi connectivity index (χ0v) is 19.2. The van der Waals surface area contributed by atoms with Crippen LogP contribution in [0.15, 0.2) is 24.3 Å². The number of nitrogens with zero attached hydrogens (tertiary/aromatic N) is 2. The number of fused-ring (bicyclic) bond motifs is 1. The van der Waals surface area contributed by atoms with E-state index in [-0.39, 0.29) is 42.5 Å². The maximum absolute atomic E-state index is 12.4. The average molecular weight is 443 g/mol. The fourth-order valence-electron chi connectivity index (χ4n) is 4.63. The Hall–Kier alpha value is -2.54. The molecule has 0 aromatic heterocycles. The second kappa shape index (κ2) is 11.4. The summed E-state index contributed by atoms with van der Waals surface area (Å²) in [5, 5.41) is 0. The monoisotopic (exact) mass is 442 g/mol. The van der Waals surface area contributed by atoms with Crippen LogP contribution in [0.5, 0.6) is 0 Å². The van der Waals surface area contributed by atoms with Gasteiger partial charge < -0.3 is 9.53 Å². The highest BCUT2D eigenvalue weighted by molar-refractivity contribution is 6.21. The first-order chi connectivity index (χ1) is 15.4. The minimum absolute atomic E-state index is 0.00411. The second-order valence-electron chi connectivity index (χ2n) is 8.83. The minimum atomic E-state index is -0.282. The number of imide groups is 1. The Morgan fingerprint density at radius 2 is 1.59 bits per heavy atom. The van der Waals surface area contributed by atoms with Gasteiger partial charge in [0.2, 0.25) is 0 Å². The Balaban J connectivity index is 1.33. The molecule has 0 spiro atoms. The molecular formula is C25H34N2O5. The number of likely N-dealkylation sites (tertiary alicyclic amines) is 1. The summed E-state index contributed by atoms with van der Waals surface area (Å²) in [5.74, 6) is -0.644. The van der Waals surface area contributed by atoms with Crippen molar-refractivity contribution in [3.05, 3.63) is 35.4 Å². The molecule has 1 aromatic carbocycles. The molecule has 0 radical (unpaired) electrons. The van der Waals surface area contributed by atoms with Crippen molar-refractivity contribution >= 4 is 23.6 Å². The number of amides is 2. The van der Waals surface area contributed by atoms with Gasteiger partial charge in [0.25, 0.3) is 11.8 Å². The van der Waals surface area contributed by atoms with Crippen molar-refractivity contribution in [1.82, 2.24) is 9.80 Å². The van der Waals surface area contributed by atoms with Gasteiger partial charge in [-0.1, -0.05) is 31.9 Å². The summed E-state index contributed by atoms with van der Waals surface area (Å²) in [6, 6.07) is 7.41. The van der Waals surface area contributed by atoms with Gasteiger partial charge >= 0.3 is 5.97 Å². The van der Waals surface area contributed by atoms with Gasteiger partial charge in [0.15, 0.2) is 0 Å². The first-order valence-corrected chi connectivity index (χ1v) is 11.8. The number of esters is 1. The number of unbranched alkanes of at least 4 members (excludes halogenated alkanes) is 3. The van der Waals surface area contributed by atoms with Crippen LogP contribution in [0.1, 0.15) is 85.9 Å². The Morgan fingerprint density at radius 3 is 2.19 bits per heavy atom. The van der Waals surface area contributed by atoms with Crippen molar-refractivity contribution in [2.45, 2.75) is 77.4 Å². The van der Waals surface area contributed by atoms with Crippen LogP contribution in [-0.2, 0) is 14.3 Å². The van der Waals surface area contributed by atoms with Gasteiger partial charge in [0, 0.05) is 32.0 Å². The molecule has 32 heavy (non-hydrogen) atoms. The molecule has 2 amide bonds. The predicted octanol–water partition coefficient (Wildman–Crippen LogP) is 3.61. The minimum Gasteiger partial charge on any atom is -0.461 e. The standard InChI is InChI=1S/C25H34N2O5/c1-3-19-16-20(32-23(29)13-12-18(2)28)17-26(19)14-8-4-5-9-15-27-24(30)21-10-6-7-11-22(21)25(27)31/h6-7,10-11,19-20H,3-5,8-9,12-17H2,1-2H3/t19-,20+/m1/s1. The molecular weight excluding hydrogens is 408 g/mol. The van der Waals surface area contributed by atoms with E-state index >= 15 is 0 Å². The second-order valence-corrected chi connectivity index (χ2v) is 8.83. The summed E-state index contributed by atoms with van der Waals surface area (Å²) in [6.07, 6.45) is 6.00. The molecule has 174 valence electrons. The first-order valence-electron chi connectivity index (χ1n) is 11.8. The maximum atomic E-state index is 12.4. The largest absolute Gasteiger partial charge is 0.461 e. The van der Waals surface area contributed by atoms with Crippen molar-refractivity contribution < 1.29 is 23.9 Å². The summed E-state index contributed by atoms with van der Waals surface area (Å²) in [6.45, 7) is 5.80. The van der Waals surface area contributed by atoms with Crippen LogP contribution in [-0.4, -0.2) is 65.1 Å². The summed E-state index contributed by atoms with van der Waals surface area (Å²) in [5.41, 5.74) is 1.02. The first kappa shape index (κ1) is 24.1. The van der Waals surface area contributed by atoms with E-state index in [4.69, 9.17) is 4.74 Å². The summed E-state index contributed by atoms with van der Waals surface area (Å²) in [4.78, 5) is 51.5. The average Bonchev–Trinajstić information content (AvgIpc) is 3.27. The number of carbonyl (C=O) groups is 4. The Morgan fingerprint density at radius 1 is 0.969 bits per heavy atom. The summed E-state index contributed by atoms with van der Waals surface area (Å²) in [7, 11) is 0. The Labute approximate surface area is 190 Å². The zero-order chi connectivity index (χ0) is 23.1. The fraction of sp³-hybridized carbons (Fsp3) is 0.600. The fourth-order valence-corrected chi connectivity index (χ4v) is 4.63. The molecule has 3 rings (SSSR count). The van der Waals surface area contributed by atoms with Crippen LogP contribution in [0.4, 0.5) is 0 Å². The topological polar surface area (TPSA) is 84.0 Å². The van der Waals surface area contributed by atoms with Gasteiger partial charge in [-0.15, -0.1) is 0 Å². The number of hydrogen-bond donors (Lipinski definition) is 0. The lowest BCUT2D eigenvalue weighted by atomic mass is 10.1. The molecule has 0 bridgehead atoms. The van der Waals surface area contributed by atoms with E-state index in [9.17, 15) is 19.2 Å². The van der Waals surface area contributed by atoms with Crippen molar-refractivity contribution in [3.8, 4) is 0 Å². The molecule has 7 nitrogen and oxygen atoms in total. The third-order valence-electron chi connectivity index (χ3n) is 6.40. The van der Waals surface area contributed by atoms with E-state index in [1.165, 1.54) is 11.8 Å². The van der Waals surface area contributed by atoms with Gasteiger partial charge in [-0.3, -0.25) is 24.2 Å². The van der Waals surface area contributed by atoms with Crippen LogP contribution in [0, 0.1) is 0 Å². The predicted molar refractivity (Wildman–Crippen MR) is 120 cm³/mol. The van der Waals surface area contributed by atoms with Gasteiger partial charge in [0.05, 0.1) is 17.5 Å². The smallest absolute Gasteiger partial charge is 0.306 e. The molecule has 1 saturated heterocycles. The molecule has 2 aliphatic heterocycles. The van der Waals surface area contributed by atoms with Gasteiger partial charge in [-0.05, 0) is 44.9 Å². The Bertz CT molecular complexity index is 817. The van der Waals surface area contributed by atoms with E-state index in [0.717, 1.165) is 51.6 Å². The van der Waals surface area contributed by atoms with E-state index in [0.29, 0.717) is 23.7 Å². The number of hydrogen-bond acceptors (Lipinski definition) is 6. The molecule has 0 saturated carbocycles. The molecule has 1 aromatic rings. The highest BCUT2D eigenvalue weighted by Gasteiger charge is 2.35. The number of benzene rings is 1. The molecule has 1 fully saturated rings. The number of ether oxygens (including phenoxy) is 1. The van der Waals surface area contributed by atoms with Crippen LogP contribution >= 0.6 is 0 Å². The number of rotatable bonds is 12. The molecule has 0 unspecified atom stereocenters. The normalized spacial score (nSPS) is 20.6. The summed E-state index contributed by atoms with van der Waals surface area (Å²) < 4.78 is 5.57. The molecule has 0 N–H and O–H groups in total. The van der Waals surface area contributed by atoms with Crippen molar-refractivity contribution in [2.24, 2.45) is 0 Å². The van der Waals surface area contributed by atoms with Crippen molar-refractivity contribution in [1.29, 1.82) is 0 Å². The highest BCUT2D eigenvalue weighted by Crippen LogP contribution is 2.25. The quantitative estimate of drug-likeness (QED) is 0.279. The van der Waals surface area contributed by atoms with E-state index in [1.807, 2.05) is 0 Å².